The molecule has 1 aliphatic heterocycles. The number of nitrogens with zero attached hydrogens (tertiary/aromatic N) is 4. The predicted octanol–water partition coefficient (Wildman–Crippen LogP) is 11.5. The molecule has 0 N–H and O–H groups in total. The van der Waals surface area contributed by atoms with Crippen molar-refractivity contribution in [1.29, 1.82) is 0 Å². The Bertz CT molecular complexity index is 2880. The van der Waals surface area contributed by atoms with Crippen molar-refractivity contribution in [3.8, 4) is 23.0 Å². The van der Waals surface area contributed by atoms with E-state index in [1.165, 1.54) is 27.2 Å². The van der Waals surface area contributed by atoms with Gasteiger partial charge in [0.15, 0.2) is 17.6 Å². The van der Waals surface area contributed by atoms with Crippen LogP contribution >= 0.6 is 0 Å². The summed E-state index contributed by atoms with van der Waals surface area (Å²) in [5.41, 5.74) is 9.90. The van der Waals surface area contributed by atoms with E-state index < -0.39 is 0 Å². The fourth-order valence-electron chi connectivity index (χ4n) is 7.67. The van der Waals surface area contributed by atoms with Crippen molar-refractivity contribution >= 4 is 61.2 Å². The van der Waals surface area contributed by atoms with E-state index in [1.54, 1.807) is 0 Å². The molecule has 0 spiro atoms. The lowest BCUT2D eigenvalue weighted by Gasteiger charge is -2.20. The maximum Gasteiger partial charge on any atom is 0.181 e. The second kappa shape index (κ2) is 11.0. The smallest absolute Gasteiger partial charge is 0.181 e. The third-order valence-electron chi connectivity index (χ3n) is 10.1. The molecule has 5 heteroatoms. The molecule has 0 unspecified atom stereocenters. The number of hydrogen-bond donors (Lipinski definition) is 0. The fraction of sp³-hybridized carbons (Fsp3) is 0.0870. The van der Waals surface area contributed by atoms with Gasteiger partial charge in [-0.3, -0.25) is 9.14 Å². The highest BCUT2D eigenvalue weighted by Crippen LogP contribution is 2.41. The first-order chi connectivity index (χ1) is 24.9. The van der Waals surface area contributed by atoms with E-state index in [2.05, 4.69) is 180 Å². The van der Waals surface area contributed by atoms with Gasteiger partial charge < -0.3 is 9.30 Å². The highest BCUT2D eigenvalue weighted by atomic mass is 16.5. The molecule has 0 saturated heterocycles. The van der Waals surface area contributed by atoms with E-state index in [1.807, 2.05) is 12.3 Å². The van der Waals surface area contributed by atoms with Crippen LogP contribution in [0, 0.1) is 0 Å². The molecule has 0 radical (unpaired) electrons. The average Bonchev–Trinajstić information content (AvgIpc) is 3.61. The van der Waals surface area contributed by atoms with Gasteiger partial charge in [0.2, 0.25) is 0 Å². The van der Waals surface area contributed by atoms with Gasteiger partial charge in [-0.25, -0.2) is 4.98 Å². The molecule has 244 valence electrons. The molecular formula is C46H34N4O. The summed E-state index contributed by atoms with van der Waals surface area (Å²) < 4.78 is 13.5. The van der Waals surface area contributed by atoms with Crippen molar-refractivity contribution in [2.24, 2.45) is 0 Å². The van der Waals surface area contributed by atoms with Crippen LogP contribution in [-0.2, 0) is 5.41 Å². The Balaban J connectivity index is 1.10. The highest BCUT2D eigenvalue weighted by molar-refractivity contribution is 6.15. The van der Waals surface area contributed by atoms with Crippen molar-refractivity contribution in [3.05, 3.63) is 163 Å². The maximum atomic E-state index is 6.68. The van der Waals surface area contributed by atoms with E-state index in [0.717, 1.165) is 61.9 Å². The minimum Gasteiger partial charge on any atom is -0.458 e. The van der Waals surface area contributed by atoms with Crippen molar-refractivity contribution in [1.82, 2.24) is 18.7 Å². The lowest BCUT2D eigenvalue weighted by molar-refractivity contribution is 0.483. The zero-order valence-electron chi connectivity index (χ0n) is 28.6. The number of rotatable bonds is 4. The zero-order chi connectivity index (χ0) is 34.3. The molecule has 1 aliphatic rings. The van der Waals surface area contributed by atoms with Crippen molar-refractivity contribution in [2.45, 2.75) is 26.2 Å². The van der Waals surface area contributed by atoms with Crippen molar-refractivity contribution < 1.29 is 4.74 Å². The van der Waals surface area contributed by atoms with Crippen LogP contribution in [0.3, 0.4) is 0 Å². The van der Waals surface area contributed by atoms with Gasteiger partial charge >= 0.3 is 0 Å². The Morgan fingerprint density at radius 2 is 1.27 bits per heavy atom. The summed E-state index contributed by atoms with van der Waals surface area (Å²) in [4.78, 5) is 4.85. The van der Waals surface area contributed by atoms with E-state index in [4.69, 9.17) is 9.72 Å². The second-order valence-electron chi connectivity index (χ2n) is 14.3. The Labute approximate surface area is 295 Å². The van der Waals surface area contributed by atoms with Crippen LogP contribution in [0.25, 0.3) is 55.1 Å². The van der Waals surface area contributed by atoms with Gasteiger partial charge in [0, 0.05) is 45.4 Å². The minimum absolute atomic E-state index is 0.00213. The molecule has 51 heavy (non-hydrogen) atoms. The molecule has 10 rings (SSSR count). The molecule has 6 aromatic carbocycles. The Kier molecular flexibility index (Phi) is 6.37. The average molecular weight is 659 g/mol. The standard InChI is InChI=1S/C46H34N4O/c1-46(2,3)31-24-25-47-44(26-31)49-40-19-8-5-15-35(40)37-23-22-34(28-43(37)49)51-33-14-10-13-32(27-33)48-29-30-12-4-7-18-39(30)50-41-20-9-6-16-36(41)38-17-11-21-42(48)45(38)50/h4-28H,1-3H3. The van der Waals surface area contributed by atoms with Crippen LogP contribution in [0.15, 0.2) is 152 Å². The molecule has 0 atom stereocenters. The Hall–Kier alpha value is -6.46. The maximum absolute atomic E-state index is 6.68. The van der Waals surface area contributed by atoms with Crippen LogP contribution in [-0.4, -0.2) is 20.3 Å². The first-order valence-corrected chi connectivity index (χ1v) is 17.4. The summed E-state index contributed by atoms with van der Waals surface area (Å²) >= 11 is 0. The topological polar surface area (TPSA) is 35.0 Å². The lowest BCUT2D eigenvalue weighted by Crippen LogP contribution is -2.12. The first kappa shape index (κ1) is 29.5. The van der Waals surface area contributed by atoms with E-state index in [9.17, 15) is 0 Å². The number of ether oxygens (including phenoxy) is 1. The predicted molar refractivity (Wildman–Crippen MR) is 210 cm³/mol. The summed E-state index contributed by atoms with van der Waals surface area (Å²) in [6.45, 7) is 6.70. The molecule has 3 aromatic heterocycles. The third-order valence-corrected chi connectivity index (χ3v) is 10.1. The molecule has 4 heterocycles. The number of aromatic nitrogens is 3. The summed E-state index contributed by atoms with van der Waals surface area (Å²) in [6, 6.07) is 51.1. The van der Waals surface area contributed by atoms with E-state index in [-0.39, 0.29) is 5.41 Å². The van der Waals surface area contributed by atoms with Crippen LogP contribution in [0.5, 0.6) is 11.5 Å². The Morgan fingerprint density at radius 3 is 2.12 bits per heavy atom. The molecule has 5 nitrogen and oxygen atoms in total. The number of para-hydroxylation sites is 4. The fourth-order valence-corrected chi connectivity index (χ4v) is 7.67. The summed E-state index contributed by atoms with van der Waals surface area (Å²) in [5.74, 6) is 2.40. The summed E-state index contributed by atoms with van der Waals surface area (Å²) in [7, 11) is 0. The SMILES string of the molecule is CC(C)(C)c1ccnc(-n2c3ccccc3c3ccc(Oc4cccc([N+]5=[C-]c6ccccc6-n6c7ccccc7c7cccc5c76)c4)cc32)c1. The van der Waals surface area contributed by atoms with Crippen LogP contribution in [0.1, 0.15) is 31.9 Å². The quantitative estimate of drug-likeness (QED) is 0.139. The molecular weight excluding hydrogens is 625 g/mol. The van der Waals surface area contributed by atoms with Gasteiger partial charge in [-0.05, 0) is 76.8 Å². The molecule has 0 fully saturated rings. The molecule has 0 bridgehead atoms. The number of hydrogen-bond acceptors (Lipinski definition) is 2. The molecule has 0 amide bonds. The van der Waals surface area contributed by atoms with Gasteiger partial charge in [-0.1, -0.05) is 93.6 Å². The van der Waals surface area contributed by atoms with E-state index >= 15 is 0 Å². The molecule has 0 saturated carbocycles. The van der Waals surface area contributed by atoms with Crippen LogP contribution in [0.4, 0.5) is 11.4 Å². The van der Waals surface area contributed by atoms with Crippen LogP contribution < -0.4 is 9.31 Å². The lowest BCUT2D eigenvalue weighted by atomic mass is 9.88. The van der Waals surface area contributed by atoms with Gasteiger partial charge in [-0.15, -0.1) is 6.07 Å². The molecule has 9 aromatic rings. The number of benzene rings is 6. The second-order valence-corrected chi connectivity index (χ2v) is 14.3. The number of pyridine rings is 1. The highest BCUT2D eigenvalue weighted by Gasteiger charge is 2.24. The van der Waals surface area contributed by atoms with Crippen LogP contribution in [0.2, 0.25) is 0 Å². The first-order valence-electron chi connectivity index (χ1n) is 17.4. The third kappa shape index (κ3) is 4.62. The van der Waals surface area contributed by atoms with Gasteiger partial charge in [-0.2, -0.15) is 0 Å². The zero-order valence-corrected chi connectivity index (χ0v) is 28.6. The minimum atomic E-state index is 0.00213. The van der Waals surface area contributed by atoms with Crippen molar-refractivity contribution in [3.63, 3.8) is 0 Å². The number of fused-ring (bicyclic) bond motifs is 8. The van der Waals surface area contributed by atoms with Crippen molar-refractivity contribution in [2.75, 3.05) is 0 Å². The summed E-state index contributed by atoms with van der Waals surface area (Å²) in [6.07, 6.45) is 5.67. The summed E-state index contributed by atoms with van der Waals surface area (Å²) in [5, 5.41) is 4.79. The monoisotopic (exact) mass is 658 g/mol. The van der Waals surface area contributed by atoms with Gasteiger partial charge in [0.05, 0.1) is 16.6 Å². The van der Waals surface area contributed by atoms with Gasteiger partial charge in [0.1, 0.15) is 17.3 Å². The normalized spacial score (nSPS) is 12.7. The largest absolute Gasteiger partial charge is 0.458 e. The van der Waals surface area contributed by atoms with E-state index in [0.29, 0.717) is 0 Å². The molecule has 0 aliphatic carbocycles. The van der Waals surface area contributed by atoms with Gasteiger partial charge in [0.25, 0.3) is 0 Å². The Morgan fingerprint density at radius 1 is 0.588 bits per heavy atom.